The maximum Gasteiger partial charge on any atom is 0.334 e. The third kappa shape index (κ3) is 1.20. The number of aliphatic hydroxyl groups is 2. The van der Waals surface area contributed by atoms with Crippen molar-refractivity contribution in [1.29, 1.82) is 0 Å². The summed E-state index contributed by atoms with van der Waals surface area (Å²) in [4.78, 5) is 12.1. The quantitative estimate of drug-likeness (QED) is 0.498. The molecule has 27 heavy (non-hydrogen) atoms. The van der Waals surface area contributed by atoms with Crippen molar-refractivity contribution < 1.29 is 34.0 Å². The first kappa shape index (κ1) is 15.9. The van der Waals surface area contributed by atoms with Crippen LogP contribution in [0.1, 0.15) is 40.0 Å². The zero-order valence-corrected chi connectivity index (χ0v) is 15.7. The fraction of sp³-hybridized carbons (Fsp3) is 0.850. The molecule has 0 bridgehead atoms. The van der Waals surface area contributed by atoms with Crippen molar-refractivity contribution in [3.05, 3.63) is 11.1 Å². The predicted molar refractivity (Wildman–Crippen MR) is 88.5 cm³/mol. The molecule has 7 heteroatoms. The highest BCUT2D eigenvalue weighted by Crippen LogP contribution is 2.83. The van der Waals surface area contributed by atoms with Crippen molar-refractivity contribution in [2.45, 2.75) is 86.9 Å². The standard InChI is InChI=1S/C20H24O7/c1-8(2)18-12(26-18)13-20(27-13)16(3)5-4-9-10(7-24-14(9)21)17(16,23)6-11-19(20,25-11)15(18)22/h8,11-13,15,22-23H,4-7H2,1-3H3/t11-,12?,13-,15+,16-,17?,18-,19+,20+/m0/s1. The number of hydrogen-bond donors (Lipinski definition) is 2. The number of ether oxygens (including phenoxy) is 4. The van der Waals surface area contributed by atoms with Gasteiger partial charge in [-0.25, -0.2) is 4.79 Å². The van der Waals surface area contributed by atoms with Gasteiger partial charge < -0.3 is 29.2 Å². The van der Waals surface area contributed by atoms with Crippen LogP contribution < -0.4 is 0 Å². The van der Waals surface area contributed by atoms with E-state index in [1.165, 1.54) is 0 Å². The summed E-state index contributed by atoms with van der Waals surface area (Å²) in [6.07, 6.45) is 0.0647. The van der Waals surface area contributed by atoms with Crippen LogP contribution in [0.2, 0.25) is 0 Å². The molecule has 0 aromatic carbocycles. The molecule has 7 nitrogen and oxygen atoms in total. The smallest absolute Gasteiger partial charge is 0.334 e. The molecule has 0 radical (unpaired) electrons. The van der Waals surface area contributed by atoms with Gasteiger partial charge in [0.25, 0.3) is 0 Å². The summed E-state index contributed by atoms with van der Waals surface area (Å²) in [7, 11) is 0. The van der Waals surface area contributed by atoms with Crippen molar-refractivity contribution in [2.24, 2.45) is 11.3 Å². The van der Waals surface area contributed by atoms with Crippen LogP contribution in [0.3, 0.4) is 0 Å². The van der Waals surface area contributed by atoms with Gasteiger partial charge in [0.05, 0.1) is 6.10 Å². The van der Waals surface area contributed by atoms with E-state index >= 15 is 0 Å². The van der Waals surface area contributed by atoms with Gasteiger partial charge in [0.2, 0.25) is 0 Å². The first-order chi connectivity index (χ1) is 12.7. The van der Waals surface area contributed by atoms with Gasteiger partial charge in [-0.2, -0.15) is 0 Å². The molecule has 3 aliphatic carbocycles. The summed E-state index contributed by atoms with van der Waals surface area (Å²) in [6, 6.07) is 0. The van der Waals surface area contributed by atoms with Gasteiger partial charge in [0, 0.05) is 23.0 Å². The second kappa shape index (κ2) is 3.87. The lowest BCUT2D eigenvalue weighted by Crippen LogP contribution is -2.74. The van der Waals surface area contributed by atoms with Crippen LogP contribution in [-0.2, 0) is 23.7 Å². The number of aliphatic hydroxyl groups excluding tert-OH is 1. The van der Waals surface area contributed by atoms with Crippen molar-refractivity contribution in [3.8, 4) is 0 Å². The lowest BCUT2D eigenvalue weighted by atomic mass is 9.45. The van der Waals surface area contributed by atoms with Crippen molar-refractivity contribution in [2.75, 3.05) is 6.61 Å². The van der Waals surface area contributed by atoms with Gasteiger partial charge in [-0.15, -0.1) is 0 Å². The molecule has 0 aromatic rings. The molecule has 0 amide bonds. The summed E-state index contributed by atoms with van der Waals surface area (Å²) in [5.41, 5.74) is -2.79. The van der Waals surface area contributed by atoms with Gasteiger partial charge >= 0.3 is 5.97 Å². The molecular weight excluding hydrogens is 352 g/mol. The highest BCUT2D eigenvalue weighted by atomic mass is 16.7. The van der Waals surface area contributed by atoms with E-state index in [2.05, 4.69) is 13.8 Å². The zero-order chi connectivity index (χ0) is 18.8. The molecule has 2 spiro atoms. The Hall–Kier alpha value is -0.990. The van der Waals surface area contributed by atoms with Crippen LogP contribution in [0.5, 0.6) is 0 Å². The number of carbonyl (C=O) groups is 1. The minimum absolute atomic E-state index is 0.138. The Kier molecular flexibility index (Phi) is 2.28. The van der Waals surface area contributed by atoms with E-state index < -0.39 is 33.9 Å². The fourth-order valence-electron chi connectivity index (χ4n) is 7.70. The third-order valence-corrected chi connectivity index (χ3v) is 9.27. The molecule has 146 valence electrons. The monoisotopic (exact) mass is 376 g/mol. The zero-order valence-electron chi connectivity index (χ0n) is 15.7. The van der Waals surface area contributed by atoms with E-state index in [9.17, 15) is 15.0 Å². The normalized spacial score (nSPS) is 64.0. The van der Waals surface area contributed by atoms with Crippen LogP contribution >= 0.6 is 0 Å². The third-order valence-electron chi connectivity index (χ3n) is 9.27. The van der Waals surface area contributed by atoms with E-state index in [0.29, 0.717) is 30.4 Å². The molecule has 7 rings (SSSR count). The number of hydrogen-bond acceptors (Lipinski definition) is 7. The molecule has 2 saturated carbocycles. The maximum absolute atomic E-state index is 12.1. The highest BCUT2D eigenvalue weighted by Gasteiger charge is 3.02. The lowest BCUT2D eigenvalue weighted by Gasteiger charge is -2.57. The second-order valence-corrected chi connectivity index (χ2v) is 10.1. The summed E-state index contributed by atoms with van der Waals surface area (Å²) >= 11 is 0. The lowest BCUT2D eigenvalue weighted by molar-refractivity contribution is -0.162. The first-order valence-corrected chi connectivity index (χ1v) is 10.0. The Morgan fingerprint density at radius 2 is 1.96 bits per heavy atom. The molecule has 3 saturated heterocycles. The Labute approximate surface area is 156 Å². The van der Waals surface area contributed by atoms with Crippen LogP contribution in [0.4, 0.5) is 0 Å². The van der Waals surface area contributed by atoms with E-state index in [0.717, 1.165) is 0 Å². The number of epoxide rings is 3. The van der Waals surface area contributed by atoms with Crippen molar-refractivity contribution >= 4 is 5.97 Å². The van der Waals surface area contributed by atoms with Crippen molar-refractivity contribution in [1.82, 2.24) is 0 Å². The van der Waals surface area contributed by atoms with Gasteiger partial charge in [0.15, 0.2) is 5.60 Å². The molecule has 2 N–H and O–H groups in total. The Morgan fingerprint density at radius 1 is 1.19 bits per heavy atom. The summed E-state index contributed by atoms with van der Waals surface area (Å²) in [6.45, 7) is 6.30. The summed E-state index contributed by atoms with van der Waals surface area (Å²) in [5, 5.41) is 23.4. The van der Waals surface area contributed by atoms with Crippen LogP contribution in [0.25, 0.3) is 0 Å². The maximum atomic E-state index is 12.1. The SMILES string of the molecule is CC(C)[C@]12OC1[C@@H]1O[C@]13[C@]1(O[C@H]1CC1(O)C4=C(CC[C@@]13C)C(=O)OC4)[C@@H]2O. The second-order valence-electron chi connectivity index (χ2n) is 10.1. The molecule has 2 unspecified atom stereocenters. The Morgan fingerprint density at radius 3 is 2.70 bits per heavy atom. The largest absolute Gasteiger partial charge is 0.458 e. The molecular formula is C20H24O7. The van der Waals surface area contributed by atoms with E-state index in [1.54, 1.807) is 0 Å². The van der Waals surface area contributed by atoms with Gasteiger partial charge in [-0.05, 0) is 18.8 Å². The van der Waals surface area contributed by atoms with Gasteiger partial charge in [0.1, 0.15) is 41.7 Å². The number of fused-ring (bicyclic) bond motifs is 4. The minimum atomic E-state index is -1.22. The van der Waals surface area contributed by atoms with Crippen LogP contribution in [-0.4, -0.2) is 69.6 Å². The van der Waals surface area contributed by atoms with Gasteiger partial charge in [-0.1, -0.05) is 20.8 Å². The molecule has 4 heterocycles. The predicted octanol–water partition coefficient (Wildman–Crippen LogP) is 0.218. The Bertz CT molecular complexity index is 866. The van der Waals surface area contributed by atoms with E-state index in [4.69, 9.17) is 18.9 Å². The van der Waals surface area contributed by atoms with E-state index in [1.807, 2.05) is 6.92 Å². The highest BCUT2D eigenvalue weighted by molar-refractivity contribution is 5.93. The average molecular weight is 376 g/mol. The number of rotatable bonds is 1. The summed E-state index contributed by atoms with van der Waals surface area (Å²) in [5.74, 6) is -0.165. The molecule has 5 fully saturated rings. The fourth-order valence-corrected chi connectivity index (χ4v) is 7.70. The molecule has 0 aromatic heterocycles. The number of cyclic esters (lactones) is 1. The van der Waals surface area contributed by atoms with Gasteiger partial charge in [-0.3, -0.25) is 0 Å². The Balaban J connectivity index is 1.42. The molecule has 9 atom stereocenters. The topological polar surface area (TPSA) is 104 Å². The first-order valence-electron chi connectivity index (χ1n) is 10.0. The number of carbonyl (C=O) groups excluding carboxylic acids is 1. The summed E-state index contributed by atoms with van der Waals surface area (Å²) < 4.78 is 24.0. The minimum Gasteiger partial charge on any atom is -0.458 e. The molecule has 7 aliphatic rings. The average Bonchev–Trinajstić information content (AvgIpc) is 3.49. The molecule has 4 aliphatic heterocycles. The number of esters is 1. The van der Waals surface area contributed by atoms with Crippen LogP contribution in [0, 0.1) is 11.3 Å². The van der Waals surface area contributed by atoms with Crippen LogP contribution in [0.15, 0.2) is 11.1 Å². The van der Waals surface area contributed by atoms with Crippen molar-refractivity contribution in [3.63, 3.8) is 0 Å². The van der Waals surface area contributed by atoms with E-state index in [-0.39, 0.29) is 36.8 Å².